The van der Waals surface area contributed by atoms with Crippen LogP contribution >= 0.6 is 0 Å². The van der Waals surface area contributed by atoms with Crippen LogP contribution in [0.15, 0.2) is 54.6 Å². The number of likely N-dealkylation sites (tertiary alicyclic amines) is 1. The first-order chi connectivity index (χ1) is 10.8. The van der Waals surface area contributed by atoms with E-state index in [4.69, 9.17) is 0 Å². The van der Waals surface area contributed by atoms with Crippen molar-refractivity contribution in [1.82, 2.24) is 14.9 Å². The van der Waals surface area contributed by atoms with Gasteiger partial charge in [0, 0.05) is 13.0 Å². The van der Waals surface area contributed by atoms with Gasteiger partial charge in [0.25, 0.3) is 0 Å². The maximum Gasteiger partial charge on any atom is 0.223 e. The summed E-state index contributed by atoms with van der Waals surface area (Å²) in [6.07, 6.45) is 1.42. The second-order valence-corrected chi connectivity index (χ2v) is 5.70. The zero-order chi connectivity index (χ0) is 14.9. The van der Waals surface area contributed by atoms with E-state index >= 15 is 0 Å². The van der Waals surface area contributed by atoms with E-state index in [0.717, 1.165) is 28.8 Å². The number of imidazole rings is 1. The molecular formula is C18H17N3O. The lowest BCUT2D eigenvalue weighted by Crippen LogP contribution is -2.27. The zero-order valence-corrected chi connectivity index (χ0v) is 12.2. The summed E-state index contributed by atoms with van der Waals surface area (Å²) < 4.78 is 0. The predicted molar refractivity (Wildman–Crippen MR) is 85.1 cm³/mol. The minimum Gasteiger partial charge on any atom is -0.340 e. The minimum atomic E-state index is 0.0418. The van der Waals surface area contributed by atoms with Gasteiger partial charge in [-0.25, -0.2) is 4.98 Å². The zero-order valence-electron chi connectivity index (χ0n) is 12.2. The Kier molecular flexibility index (Phi) is 3.15. The Morgan fingerprint density at radius 2 is 1.86 bits per heavy atom. The molecule has 1 atom stereocenters. The third kappa shape index (κ3) is 2.26. The summed E-state index contributed by atoms with van der Waals surface area (Å²) in [6, 6.07) is 18.1. The van der Waals surface area contributed by atoms with Crippen LogP contribution in [0.25, 0.3) is 11.0 Å². The van der Waals surface area contributed by atoms with E-state index in [-0.39, 0.29) is 11.9 Å². The van der Waals surface area contributed by atoms with Crippen LogP contribution in [-0.4, -0.2) is 20.8 Å². The van der Waals surface area contributed by atoms with Crippen molar-refractivity contribution in [3.63, 3.8) is 0 Å². The molecule has 1 saturated heterocycles. The summed E-state index contributed by atoms with van der Waals surface area (Å²) in [5, 5.41) is 0. The Bertz CT molecular complexity index is 776. The van der Waals surface area contributed by atoms with Crippen LogP contribution in [0.5, 0.6) is 0 Å². The summed E-state index contributed by atoms with van der Waals surface area (Å²) >= 11 is 0. The van der Waals surface area contributed by atoms with Crippen molar-refractivity contribution in [2.75, 3.05) is 0 Å². The molecule has 22 heavy (non-hydrogen) atoms. The standard InChI is InChI=1S/C18H17N3O/c22-17-11-10-16(21(17)12-13-6-2-1-3-7-13)18-19-14-8-4-5-9-15(14)20-18/h1-9,16H,10-12H2,(H,19,20)/t16-/m0/s1. The first kappa shape index (κ1) is 13.1. The number of aromatic amines is 1. The topological polar surface area (TPSA) is 49.0 Å². The number of rotatable bonds is 3. The molecule has 0 radical (unpaired) electrons. The van der Waals surface area contributed by atoms with E-state index in [1.165, 1.54) is 0 Å². The third-order valence-corrected chi connectivity index (χ3v) is 4.25. The number of H-pyrrole nitrogens is 1. The number of hydrogen-bond acceptors (Lipinski definition) is 2. The molecule has 110 valence electrons. The number of nitrogens with one attached hydrogen (secondary N) is 1. The van der Waals surface area contributed by atoms with E-state index in [1.807, 2.05) is 47.4 Å². The van der Waals surface area contributed by atoms with Crippen LogP contribution in [0.1, 0.15) is 30.3 Å². The van der Waals surface area contributed by atoms with Crippen LogP contribution in [0.2, 0.25) is 0 Å². The van der Waals surface area contributed by atoms with Gasteiger partial charge in [-0.2, -0.15) is 0 Å². The molecule has 1 amide bonds. The monoisotopic (exact) mass is 291 g/mol. The Labute approximate surface area is 128 Å². The second kappa shape index (κ2) is 5.30. The van der Waals surface area contributed by atoms with Crippen molar-refractivity contribution in [1.29, 1.82) is 0 Å². The second-order valence-electron chi connectivity index (χ2n) is 5.70. The number of fused-ring (bicyclic) bond motifs is 1. The molecule has 2 heterocycles. The van der Waals surface area contributed by atoms with Crippen molar-refractivity contribution in [3.8, 4) is 0 Å². The molecule has 0 aliphatic carbocycles. The maximum absolute atomic E-state index is 12.3. The van der Waals surface area contributed by atoms with Gasteiger partial charge in [-0.1, -0.05) is 42.5 Å². The lowest BCUT2D eigenvalue weighted by molar-refractivity contribution is -0.129. The highest BCUT2D eigenvalue weighted by molar-refractivity contribution is 5.80. The van der Waals surface area contributed by atoms with Gasteiger partial charge in [-0.15, -0.1) is 0 Å². The van der Waals surface area contributed by atoms with Gasteiger partial charge in [0.05, 0.1) is 17.1 Å². The van der Waals surface area contributed by atoms with Gasteiger partial charge in [0.1, 0.15) is 5.82 Å². The van der Waals surface area contributed by atoms with E-state index in [1.54, 1.807) is 0 Å². The SMILES string of the molecule is O=C1CC[C@@H](c2nc3ccccc3[nH]2)N1Cc1ccccc1. The highest BCUT2D eigenvalue weighted by Gasteiger charge is 2.33. The van der Waals surface area contributed by atoms with Crippen LogP contribution in [0.3, 0.4) is 0 Å². The number of para-hydroxylation sites is 2. The normalized spacial score (nSPS) is 18.3. The average molecular weight is 291 g/mol. The summed E-state index contributed by atoms with van der Waals surface area (Å²) in [7, 11) is 0. The summed E-state index contributed by atoms with van der Waals surface area (Å²) in [6.45, 7) is 0.640. The molecule has 1 aliphatic rings. The number of benzene rings is 2. The summed E-state index contributed by atoms with van der Waals surface area (Å²) in [5.41, 5.74) is 3.13. The average Bonchev–Trinajstić information content (AvgIpc) is 3.12. The molecule has 1 N–H and O–H groups in total. The molecule has 4 nitrogen and oxygen atoms in total. The van der Waals surface area contributed by atoms with Gasteiger partial charge in [-0.3, -0.25) is 4.79 Å². The molecular weight excluding hydrogens is 274 g/mol. The quantitative estimate of drug-likeness (QED) is 0.803. The summed E-state index contributed by atoms with van der Waals surface area (Å²) in [5.74, 6) is 1.09. The highest BCUT2D eigenvalue weighted by atomic mass is 16.2. The van der Waals surface area contributed by atoms with E-state index in [9.17, 15) is 4.79 Å². The fraction of sp³-hybridized carbons (Fsp3) is 0.222. The number of aromatic nitrogens is 2. The Hall–Kier alpha value is -2.62. The molecule has 0 spiro atoms. The van der Waals surface area contributed by atoms with Crippen LogP contribution in [0, 0.1) is 0 Å². The number of hydrogen-bond donors (Lipinski definition) is 1. The number of nitrogens with zero attached hydrogens (tertiary/aromatic N) is 2. The molecule has 1 aromatic heterocycles. The van der Waals surface area contributed by atoms with Crippen molar-refractivity contribution >= 4 is 16.9 Å². The van der Waals surface area contributed by atoms with Gasteiger partial charge in [-0.05, 0) is 24.1 Å². The fourth-order valence-electron chi connectivity index (χ4n) is 3.13. The molecule has 1 fully saturated rings. The van der Waals surface area contributed by atoms with Crippen molar-refractivity contribution in [2.45, 2.75) is 25.4 Å². The van der Waals surface area contributed by atoms with Crippen LogP contribution < -0.4 is 0 Å². The third-order valence-electron chi connectivity index (χ3n) is 4.25. The van der Waals surface area contributed by atoms with E-state index in [2.05, 4.69) is 22.1 Å². The Morgan fingerprint density at radius 1 is 1.09 bits per heavy atom. The van der Waals surface area contributed by atoms with Gasteiger partial charge in [0.2, 0.25) is 5.91 Å². The largest absolute Gasteiger partial charge is 0.340 e. The molecule has 1 aliphatic heterocycles. The minimum absolute atomic E-state index is 0.0418. The molecule has 0 bridgehead atoms. The summed E-state index contributed by atoms with van der Waals surface area (Å²) in [4.78, 5) is 22.2. The highest BCUT2D eigenvalue weighted by Crippen LogP contribution is 2.33. The van der Waals surface area contributed by atoms with Crippen LogP contribution in [0.4, 0.5) is 0 Å². The fourth-order valence-corrected chi connectivity index (χ4v) is 3.13. The molecule has 4 rings (SSSR count). The first-order valence-corrected chi connectivity index (χ1v) is 7.59. The van der Waals surface area contributed by atoms with Crippen molar-refractivity contribution in [2.24, 2.45) is 0 Å². The number of carbonyl (C=O) groups is 1. The van der Waals surface area contributed by atoms with E-state index in [0.29, 0.717) is 13.0 Å². The smallest absolute Gasteiger partial charge is 0.223 e. The lowest BCUT2D eigenvalue weighted by Gasteiger charge is -2.23. The van der Waals surface area contributed by atoms with Gasteiger partial charge >= 0.3 is 0 Å². The predicted octanol–water partition coefficient (Wildman–Crippen LogP) is 3.43. The van der Waals surface area contributed by atoms with Crippen LogP contribution in [-0.2, 0) is 11.3 Å². The molecule has 0 unspecified atom stereocenters. The Balaban J connectivity index is 1.66. The molecule has 3 aromatic rings. The molecule has 4 heteroatoms. The number of amides is 1. The lowest BCUT2D eigenvalue weighted by atomic mass is 10.2. The maximum atomic E-state index is 12.3. The Morgan fingerprint density at radius 3 is 2.68 bits per heavy atom. The number of carbonyl (C=O) groups excluding carboxylic acids is 1. The molecule has 2 aromatic carbocycles. The first-order valence-electron chi connectivity index (χ1n) is 7.59. The van der Waals surface area contributed by atoms with Crippen molar-refractivity contribution < 1.29 is 4.79 Å². The molecule has 0 saturated carbocycles. The van der Waals surface area contributed by atoms with Gasteiger partial charge in [0.15, 0.2) is 0 Å². The van der Waals surface area contributed by atoms with Gasteiger partial charge < -0.3 is 9.88 Å². The van der Waals surface area contributed by atoms with Crippen molar-refractivity contribution in [3.05, 3.63) is 66.0 Å². The van der Waals surface area contributed by atoms with E-state index < -0.39 is 0 Å².